The standard InChI is InChI=1S/C28H29Cl2IN2O3/c1-3-19(2)32-28(35)26(16-20-7-5-4-6-8-20)33(17-21-9-14-24(29)25(30)15-21)27(34)18-36-23-12-10-22(31)11-13-23/h4-15,19,26H,3,16-18H2,1-2H3,(H,32,35)/t19-,26-/m0/s1. The summed E-state index contributed by atoms with van der Waals surface area (Å²) in [6, 6.07) is 21.6. The quantitative estimate of drug-likeness (QED) is 0.243. The summed E-state index contributed by atoms with van der Waals surface area (Å²) in [6.07, 6.45) is 1.14. The van der Waals surface area contributed by atoms with Crippen LogP contribution in [0.4, 0.5) is 0 Å². The number of carbonyl (C=O) groups excluding carboxylic acids is 2. The Balaban J connectivity index is 1.92. The second-order valence-electron chi connectivity index (χ2n) is 8.54. The van der Waals surface area contributed by atoms with Gasteiger partial charge in [-0.2, -0.15) is 0 Å². The van der Waals surface area contributed by atoms with Crippen molar-refractivity contribution in [1.29, 1.82) is 0 Å². The van der Waals surface area contributed by atoms with Crippen LogP contribution in [0.5, 0.6) is 5.75 Å². The molecule has 3 rings (SSSR count). The van der Waals surface area contributed by atoms with Gasteiger partial charge in [-0.3, -0.25) is 9.59 Å². The summed E-state index contributed by atoms with van der Waals surface area (Å²) in [7, 11) is 0. The molecule has 0 radical (unpaired) electrons. The van der Waals surface area contributed by atoms with Crippen molar-refractivity contribution in [3.05, 3.63) is 97.5 Å². The van der Waals surface area contributed by atoms with E-state index in [4.69, 9.17) is 27.9 Å². The number of hydrogen-bond donors (Lipinski definition) is 1. The average Bonchev–Trinajstić information content (AvgIpc) is 2.88. The van der Waals surface area contributed by atoms with Gasteiger partial charge in [0.05, 0.1) is 10.0 Å². The van der Waals surface area contributed by atoms with Crippen molar-refractivity contribution < 1.29 is 14.3 Å². The maximum absolute atomic E-state index is 13.6. The van der Waals surface area contributed by atoms with E-state index in [1.54, 1.807) is 23.1 Å². The van der Waals surface area contributed by atoms with Crippen LogP contribution in [0.1, 0.15) is 31.4 Å². The van der Waals surface area contributed by atoms with Crippen molar-refractivity contribution in [1.82, 2.24) is 10.2 Å². The number of nitrogens with one attached hydrogen (secondary N) is 1. The minimum absolute atomic E-state index is 0.0271. The van der Waals surface area contributed by atoms with E-state index in [1.807, 2.05) is 68.4 Å². The highest BCUT2D eigenvalue weighted by atomic mass is 127. The Hall–Kier alpha value is -2.29. The highest BCUT2D eigenvalue weighted by Crippen LogP contribution is 2.24. The Bertz CT molecular complexity index is 1160. The first-order valence-electron chi connectivity index (χ1n) is 11.7. The molecule has 0 unspecified atom stereocenters. The smallest absolute Gasteiger partial charge is 0.261 e. The minimum atomic E-state index is -0.747. The normalized spacial score (nSPS) is 12.5. The van der Waals surface area contributed by atoms with Crippen molar-refractivity contribution in [3.8, 4) is 5.75 Å². The van der Waals surface area contributed by atoms with Gasteiger partial charge in [-0.15, -0.1) is 0 Å². The number of nitrogens with zero attached hydrogens (tertiary/aromatic N) is 1. The Kier molecular flexibility index (Phi) is 10.9. The molecule has 5 nitrogen and oxygen atoms in total. The molecule has 1 N–H and O–H groups in total. The molecule has 190 valence electrons. The fourth-order valence-electron chi connectivity index (χ4n) is 3.59. The Morgan fingerprint density at radius 2 is 1.67 bits per heavy atom. The zero-order chi connectivity index (χ0) is 26.1. The SMILES string of the molecule is CC[C@H](C)NC(=O)[C@H](Cc1ccccc1)N(Cc1ccc(Cl)c(Cl)c1)C(=O)COc1ccc(I)cc1. The number of benzene rings is 3. The average molecular weight is 639 g/mol. The van der Waals surface area contributed by atoms with Crippen LogP contribution in [-0.4, -0.2) is 35.4 Å². The molecule has 2 atom stereocenters. The van der Waals surface area contributed by atoms with Crippen LogP contribution in [0.25, 0.3) is 0 Å². The van der Waals surface area contributed by atoms with Crippen LogP contribution < -0.4 is 10.1 Å². The van der Waals surface area contributed by atoms with Crippen LogP contribution in [0.15, 0.2) is 72.8 Å². The van der Waals surface area contributed by atoms with E-state index < -0.39 is 6.04 Å². The fraction of sp³-hybridized carbons (Fsp3) is 0.286. The molecular weight excluding hydrogens is 610 g/mol. The van der Waals surface area contributed by atoms with Crippen LogP contribution in [0, 0.1) is 3.57 Å². The van der Waals surface area contributed by atoms with Gasteiger partial charge in [0.2, 0.25) is 5.91 Å². The topological polar surface area (TPSA) is 58.6 Å². The summed E-state index contributed by atoms with van der Waals surface area (Å²) >= 11 is 14.6. The molecule has 36 heavy (non-hydrogen) atoms. The van der Waals surface area contributed by atoms with Gasteiger partial charge in [0, 0.05) is 22.6 Å². The monoisotopic (exact) mass is 638 g/mol. The number of rotatable bonds is 11. The van der Waals surface area contributed by atoms with E-state index in [2.05, 4.69) is 27.9 Å². The van der Waals surface area contributed by atoms with E-state index in [9.17, 15) is 9.59 Å². The van der Waals surface area contributed by atoms with Crippen LogP contribution in [0.3, 0.4) is 0 Å². The summed E-state index contributed by atoms with van der Waals surface area (Å²) in [6.45, 7) is 3.92. The van der Waals surface area contributed by atoms with E-state index in [0.29, 0.717) is 22.2 Å². The second-order valence-corrected chi connectivity index (χ2v) is 10.6. The number of amides is 2. The highest BCUT2D eigenvalue weighted by Gasteiger charge is 2.31. The summed E-state index contributed by atoms with van der Waals surface area (Å²) < 4.78 is 6.86. The van der Waals surface area contributed by atoms with Gasteiger partial charge in [0.15, 0.2) is 6.61 Å². The number of halogens is 3. The largest absolute Gasteiger partial charge is 0.484 e. The fourth-order valence-corrected chi connectivity index (χ4v) is 4.27. The van der Waals surface area contributed by atoms with Crippen molar-refractivity contribution in [2.45, 2.75) is 45.3 Å². The third-order valence-electron chi connectivity index (χ3n) is 5.79. The van der Waals surface area contributed by atoms with Gasteiger partial charge in [-0.05, 0) is 83.5 Å². The summed E-state index contributed by atoms with van der Waals surface area (Å²) in [5.74, 6) is 0.0673. The predicted molar refractivity (Wildman–Crippen MR) is 153 cm³/mol. The van der Waals surface area contributed by atoms with E-state index in [0.717, 1.165) is 21.1 Å². The lowest BCUT2D eigenvalue weighted by molar-refractivity contribution is -0.143. The molecule has 8 heteroatoms. The highest BCUT2D eigenvalue weighted by molar-refractivity contribution is 14.1. The first-order valence-corrected chi connectivity index (χ1v) is 13.6. The minimum Gasteiger partial charge on any atom is -0.484 e. The molecule has 0 fully saturated rings. The lowest BCUT2D eigenvalue weighted by atomic mass is 10.0. The van der Waals surface area contributed by atoms with Gasteiger partial charge < -0.3 is 15.0 Å². The molecule has 2 amide bonds. The molecule has 3 aromatic carbocycles. The van der Waals surface area contributed by atoms with Crippen molar-refractivity contribution in [2.75, 3.05) is 6.61 Å². The summed E-state index contributed by atoms with van der Waals surface area (Å²) in [5.41, 5.74) is 1.72. The Labute approximate surface area is 236 Å². The maximum atomic E-state index is 13.6. The number of carbonyl (C=O) groups is 2. The van der Waals surface area contributed by atoms with Crippen molar-refractivity contribution in [3.63, 3.8) is 0 Å². The van der Waals surface area contributed by atoms with Crippen LogP contribution in [-0.2, 0) is 22.6 Å². The molecule has 0 heterocycles. The molecule has 0 aromatic heterocycles. The zero-order valence-electron chi connectivity index (χ0n) is 20.2. The zero-order valence-corrected chi connectivity index (χ0v) is 23.9. The molecule has 0 spiro atoms. The maximum Gasteiger partial charge on any atom is 0.261 e. The first kappa shape index (κ1) is 28.3. The molecular formula is C28H29Cl2IN2O3. The lowest BCUT2D eigenvalue weighted by Crippen LogP contribution is -2.53. The molecule has 0 aliphatic carbocycles. The molecule has 0 aliphatic heterocycles. The van der Waals surface area contributed by atoms with Crippen molar-refractivity contribution >= 4 is 57.6 Å². The summed E-state index contributed by atoms with van der Waals surface area (Å²) in [4.78, 5) is 28.6. The van der Waals surface area contributed by atoms with Gasteiger partial charge in [0.25, 0.3) is 5.91 Å². The van der Waals surface area contributed by atoms with Crippen LogP contribution in [0.2, 0.25) is 10.0 Å². The van der Waals surface area contributed by atoms with E-state index in [1.165, 1.54) is 0 Å². The van der Waals surface area contributed by atoms with Crippen molar-refractivity contribution in [2.24, 2.45) is 0 Å². The molecule has 0 saturated heterocycles. The lowest BCUT2D eigenvalue weighted by Gasteiger charge is -2.32. The third kappa shape index (κ3) is 8.39. The van der Waals surface area contributed by atoms with Gasteiger partial charge in [-0.1, -0.05) is 66.5 Å². The van der Waals surface area contributed by atoms with Crippen LogP contribution >= 0.6 is 45.8 Å². The molecule has 0 aliphatic rings. The summed E-state index contributed by atoms with van der Waals surface area (Å²) in [5, 5.41) is 3.87. The molecule has 0 saturated carbocycles. The van der Waals surface area contributed by atoms with Gasteiger partial charge >= 0.3 is 0 Å². The number of ether oxygens (including phenoxy) is 1. The molecule has 0 bridgehead atoms. The van der Waals surface area contributed by atoms with E-state index in [-0.39, 0.29) is 31.0 Å². The predicted octanol–water partition coefficient (Wildman–Crippen LogP) is 6.53. The second kappa shape index (κ2) is 13.9. The van der Waals surface area contributed by atoms with E-state index >= 15 is 0 Å². The van der Waals surface area contributed by atoms with Gasteiger partial charge in [0.1, 0.15) is 11.8 Å². The Morgan fingerprint density at radius 3 is 2.31 bits per heavy atom. The third-order valence-corrected chi connectivity index (χ3v) is 7.24. The number of hydrogen-bond acceptors (Lipinski definition) is 3. The Morgan fingerprint density at radius 1 is 0.972 bits per heavy atom. The molecule has 3 aromatic rings. The van der Waals surface area contributed by atoms with Gasteiger partial charge in [-0.25, -0.2) is 0 Å². The first-order chi connectivity index (χ1) is 17.3.